The zero-order valence-electron chi connectivity index (χ0n) is 13.5. The van der Waals surface area contributed by atoms with Crippen molar-refractivity contribution in [3.05, 3.63) is 57.6 Å². The first-order valence-corrected chi connectivity index (χ1v) is 8.57. The van der Waals surface area contributed by atoms with Crippen molar-refractivity contribution in [1.29, 1.82) is 0 Å². The standard InChI is InChI=1S/C19H21BrNO2/c1-22-18-11-15-8-10-21(13-16(15)12-19(18)23-2)9-7-14-3-5-17(20)6-4-14/h3-6,11-13H,7-10H2,1-2H3/q+1. The Kier molecular flexibility index (Phi) is 5.01. The van der Waals surface area contributed by atoms with Crippen LogP contribution < -0.4 is 9.47 Å². The summed E-state index contributed by atoms with van der Waals surface area (Å²) in [5.74, 6) is 1.60. The lowest BCUT2D eigenvalue weighted by atomic mass is 10.0. The Morgan fingerprint density at radius 2 is 1.74 bits per heavy atom. The van der Waals surface area contributed by atoms with E-state index in [1.54, 1.807) is 14.2 Å². The van der Waals surface area contributed by atoms with Gasteiger partial charge < -0.3 is 9.47 Å². The number of ether oxygens (including phenoxy) is 2. The van der Waals surface area contributed by atoms with E-state index in [4.69, 9.17) is 9.47 Å². The average molecular weight is 375 g/mol. The molecule has 2 aromatic carbocycles. The Labute approximate surface area is 145 Å². The molecule has 2 aromatic rings. The fraction of sp³-hybridized carbons (Fsp3) is 0.316. The summed E-state index contributed by atoms with van der Waals surface area (Å²) in [6, 6.07) is 12.7. The van der Waals surface area contributed by atoms with Gasteiger partial charge in [0.05, 0.1) is 14.2 Å². The maximum absolute atomic E-state index is 5.41. The van der Waals surface area contributed by atoms with Gasteiger partial charge in [0.15, 0.2) is 17.7 Å². The van der Waals surface area contributed by atoms with E-state index in [0.717, 1.165) is 41.9 Å². The molecule has 0 radical (unpaired) electrons. The molecule has 0 spiro atoms. The van der Waals surface area contributed by atoms with Gasteiger partial charge in [-0.1, -0.05) is 28.1 Å². The molecule has 23 heavy (non-hydrogen) atoms. The van der Waals surface area contributed by atoms with E-state index in [9.17, 15) is 0 Å². The molecule has 1 aliphatic heterocycles. The number of methoxy groups -OCH3 is 2. The normalized spacial score (nSPS) is 13.3. The van der Waals surface area contributed by atoms with Crippen LogP contribution in [0.4, 0.5) is 0 Å². The molecule has 0 amide bonds. The van der Waals surface area contributed by atoms with Crippen LogP contribution >= 0.6 is 15.9 Å². The van der Waals surface area contributed by atoms with Crippen LogP contribution in [0.3, 0.4) is 0 Å². The summed E-state index contributed by atoms with van der Waals surface area (Å²) in [5, 5.41) is 0. The predicted molar refractivity (Wildman–Crippen MR) is 96.3 cm³/mol. The fourth-order valence-corrected chi connectivity index (χ4v) is 3.16. The highest BCUT2D eigenvalue weighted by Gasteiger charge is 2.19. The molecule has 3 nitrogen and oxygen atoms in total. The molecule has 0 unspecified atom stereocenters. The van der Waals surface area contributed by atoms with Gasteiger partial charge in [0.25, 0.3) is 0 Å². The lowest BCUT2D eigenvalue weighted by molar-refractivity contribution is -0.523. The van der Waals surface area contributed by atoms with E-state index in [1.807, 2.05) is 0 Å². The number of fused-ring (bicyclic) bond motifs is 1. The van der Waals surface area contributed by atoms with E-state index in [0.29, 0.717) is 0 Å². The van der Waals surface area contributed by atoms with Crippen molar-refractivity contribution in [3.8, 4) is 11.5 Å². The molecule has 0 aromatic heterocycles. The molecular formula is C19H21BrNO2+. The minimum atomic E-state index is 0.789. The molecule has 4 heteroatoms. The first-order chi connectivity index (χ1) is 11.2. The van der Waals surface area contributed by atoms with E-state index < -0.39 is 0 Å². The van der Waals surface area contributed by atoms with Gasteiger partial charge in [0, 0.05) is 22.9 Å². The zero-order chi connectivity index (χ0) is 16.2. The third-order valence-electron chi connectivity index (χ3n) is 4.24. The molecule has 0 N–H and O–H groups in total. The van der Waals surface area contributed by atoms with Crippen LogP contribution in [-0.4, -0.2) is 38.1 Å². The molecule has 0 atom stereocenters. The Bertz CT molecular complexity index is 723. The molecule has 3 rings (SSSR count). The molecule has 0 fully saturated rings. The highest BCUT2D eigenvalue weighted by atomic mass is 79.9. The molecular weight excluding hydrogens is 354 g/mol. The van der Waals surface area contributed by atoms with Gasteiger partial charge in [-0.25, -0.2) is 4.58 Å². The van der Waals surface area contributed by atoms with Crippen LogP contribution in [0.15, 0.2) is 40.9 Å². The van der Waals surface area contributed by atoms with Gasteiger partial charge in [-0.05, 0) is 35.4 Å². The summed E-state index contributed by atoms with van der Waals surface area (Å²) >= 11 is 3.48. The molecule has 0 saturated carbocycles. The Morgan fingerprint density at radius 1 is 1.04 bits per heavy atom. The summed E-state index contributed by atoms with van der Waals surface area (Å²) in [7, 11) is 3.36. The Hall–Kier alpha value is -1.81. The second-order valence-corrected chi connectivity index (χ2v) is 6.61. The van der Waals surface area contributed by atoms with Crippen molar-refractivity contribution < 1.29 is 14.0 Å². The molecule has 1 heterocycles. The minimum Gasteiger partial charge on any atom is -0.493 e. The van der Waals surface area contributed by atoms with Gasteiger partial charge >= 0.3 is 0 Å². The van der Waals surface area contributed by atoms with Crippen molar-refractivity contribution in [3.63, 3.8) is 0 Å². The Balaban J connectivity index is 1.75. The van der Waals surface area contributed by atoms with Gasteiger partial charge in [0.1, 0.15) is 13.1 Å². The van der Waals surface area contributed by atoms with Crippen LogP contribution in [0, 0.1) is 0 Å². The van der Waals surface area contributed by atoms with Crippen LogP contribution in [0.2, 0.25) is 0 Å². The predicted octanol–water partition coefficient (Wildman–Crippen LogP) is 3.70. The van der Waals surface area contributed by atoms with Crippen molar-refractivity contribution in [1.82, 2.24) is 0 Å². The smallest absolute Gasteiger partial charge is 0.171 e. The van der Waals surface area contributed by atoms with Crippen molar-refractivity contribution in [2.75, 3.05) is 27.3 Å². The first kappa shape index (κ1) is 16.1. The average Bonchev–Trinajstić information content (AvgIpc) is 2.59. The molecule has 120 valence electrons. The quantitative estimate of drug-likeness (QED) is 0.744. The van der Waals surface area contributed by atoms with Gasteiger partial charge in [0.2, 0.25) is 0 Å². The Morgan fingerprint density at radius 3 is 2.43 bits per heavy atom. The van der Waals surface area contributed by atoms with Crippen LogP contribution in [0.5, 0.6) is 11.5 Å². The SMILES string of the molecule is COc1cc2c(cc1OC)CC[N+](CCc1ccc(Br)cc1)=C2. The summed E-state index contributed by atoms with van der Waals surface area (Å²) in [6.45, 7) is 2.06. The van der Waals surface area contributed by atoms with E-state index in [2.05, 4.69) is 63.1 Å². The maximum atomic E-state index is 5.41. The topological polar surface area (TPSA) is 21.5 Å². The second kappa shape index (κ2) is 7.18. The van der Waals surface area contributed by atoms with Crippen molar-refractivity contribution in [2.24, 2.45) is 0 Å². The van der Waals surface area contributed by atoms with Crippen molar-refractivity contribution in [2.45, 2.75) is 12.8 Å². The number of hydrogen-bond acceptors (Lipinski definition) is 2. The number of nitrogens with zero attached hydrogens (tertiary/aromatic N) is 1. The first-order valence-electron chi connectivity index (χ1n) is 7.78. The number of hydrogen-bond donors (Lipinski definition) is 0. The number of rotatable bonds is 5. The third-order valence-corrected chi connectivity index (χ3v) is 4.77. The van der Waals surface area contributed by atoms with E-state index in [-0.39, 0.29) is 0 Å². The van der Waals surface area contributed by atoms with Gasteiger partial charge in [-0.2, -0.15) is 0 Å². The maximum Gasteiger partial charge on any atom is 0.171 e. The minimum absolute atomic E-state index is 0.789. The second-order valence-electron chi connectivity index (χ2n) is 5.70. The number of benzene rings is 2. The van der Waals surface area contributed by atoms with E-state index in [1.165, 1.54) is 16.7 Å². The number of halogens is 1. The van der Waals surface area contributed by atoms with Crippen molar-refractivity contribution >= 4 is 22.1 Å². The molecule has 1 aliphatic rings. The lowest BCUT2D eigenvalue weighted by Gasteiger charge is -2.16. The highest BCUT2D eigenvalue weighted by Crippen LogP contribution is 2.31. The third kappa shape index (κ3) is 3.75. The summed E-state index contributed by atoms with van der Waals surface area (Å²) in [4.78, 5) is 0. The van der Waals surface area contributed by atoms with E-state index >= 15 is 0 Å². The van der Waals surface area contributed by atoms with Crippen LogP contribution in [-0.2, 0) is 12.8 Å². The van der Waals surface area contributed by atoms with Gasteiger partial charge in [-0.3, -0.25) is 0 Å². The largest absolute Gasteiger partial charge is 0.493 e. The fourth-order valence-electron chi connectivity index (χ4n) is 2.90. The zero-order valence-corrected chi connectivity index (χ0v) is 15.1. The monoisotopic (exact) mass is 374 g/mol. The molecule has 0 aliphatic carbocycles. The highest BCUT2D eigenvalue weighted by molar-refractivity contribution is 9.10. The summed E-state index contributed by atoms with van der Waals surface area (Å²) < 4.78 is 14.3. The molecule has 0 bridgehead atoms. The van der Waals surface area contributed by atoms with Crippen LogP contribution in [0.1, 0.15) is 16.7 Å². The molecule has 0 saturated heterocycles. The lowest BCUT2D eigenvalue weighted by Crippen LogP contribution is -2.24. The van der Waals surface area contributed by atoms with Gasteiger partial charge in [-0.15, -0.1) is 0 Å². The summed E-state index contributed by atoms with van der Waals surface area (Å²) in [5.41, 5.74) is 3.91. The summed E-state index contributed by atoms with van der Waals surface area (Å²) in [6.07, 6.45) is 4.32. The van der Waals surface area contributed by atoms with Crippen LogP contribution in [0.25, 0.3) is 0 Å².